The molecule has 0 saturated carbocycles. The molecule has 0 radical (unpaired) electrons. The van der Waals surface area contributed by atoms with Crippen molar-refractivity contribution in [1.82, 2.24) is 20.1 Å². The monoisotopic (exact) mass is 270 g/mol. The first-order valence-electron chi connectivity index (χ1n) is 6.36. The zero-order chi connectivity index (χ0) is 13.4. The average Bonchev–Trinajstić information content (AvgIpc) is 2.75. The third-order valence-corrected chi connectivity index (χ3v) is 3.70. The second-order valence-corrected chi connectivity index (χ2v) is 5.53. The number of thioether (sulfide) groups is 1. The first-order valence-corrected chi connectivity index (χ1v) is 7.51. The molecular formula is C12H22N4OS. The van der Waals surface area contributed by atoms with Crippen LogP contribution in [0.2, 0.25) is 0 Å². The summed E-state index contributed by atoms with van der Waals surface area (Å²) in [6.07, 6.45) is 4.64. The Morgan fingerprint density at radius 3 is 2.94 bits per heavy atom. The topological polar surface area (TPSA) is 59.8 Å². The number of nitrogens with zero attached hydrogens (tertiary/aromatic N) is 3. The Morgan fingerprint density at radius 1 is 1.56 bits per heavy atom. The van der Waals surface area contributed by atoms with Crippen molar-refractivity contribution in [3.8, 4) is 0 Å². The molecule has 1 rings (SSSR count). The number of aryl methyl sites for hydroxylation is 1. The van der Waals surface area contributed by atoms with Gasteiger partial charge in [-0.05, 0) is 19.1 Å². The van der Waals surface area contributed by atoms with Gasteiger partial charge in [-0.3, -0.25) is 4.79 Å². The Hall–Kier alpha value is -1.04. The molecule has 0 unspecified atom stereocenters. The number of carbonyl (C=O) groups excluding carboxylic acids is 1. The van der Waals surface area contributed by atoms with Gasteiger partial charge in [0.05, 0.1) is 6.04 Å². The molecular weight excluding hydrogens is 248 g/mol. The second-order valence-electron chi connectivity index (χ2n) is 4.31. The molecule has 6 heteroatoms. The van der Waals surface area contributed by atoms with Crippen LogP contribution < -0.4 is 5.32 Å². The van der Waals surface area contributed by atoms with Gasteiger partial charge in [-0.2, -0.15) is 11.8 Å². The van der Waals surface area contributed by atoms with Crippen molar-refractivity contribution in [2.75, 3.05) is 11.5 Å². The van der Waals surface area contributed by atoms with Crippen molar-refractivity contribution in [3.05, 3.63) is 12.2 Å². The minimum absolute atomic E-state index is 0.0782. The first-order chi connectivity index (χ1) is 8.65. The van der Waals surface area contributed by atoms with Crippen molar-refractivity contribution in [2.45, 2.75) is 39.2 Å². The summed E-state index contributed by atoms with van der Waals surface area (Å²) >= 11 is 1.84. The Labute approximate surface area is 113 Å². The van der Waals surface area contributed by atoms with Gasteiger partial charge in [-0.25, -0.2) is 0 Å². The highest BCUT2D eigenvalue weighted by Gasteiger charge is 2.13. The summed E-state index contributed by atoms with van der Waals surface area (Å²) in [6.45, 7) is 4.10. The zero-order valence-corrected chi connectivity index (χ0v) is 12.2. The maximum atomic E-state index is 11.7. The third-order valence-electron chi connectivity index (χ3n) is 2.63. The third kappa shape index (κ3) is 5.08. The summed E-state index contributed by atoms with van der Waals surface area (Å²) in [7, 11) is 1.87. The summed E-state index contributed by atoms with van der Waals surface area (Å²) in [6, 6.07) is -0.0920. The van der Waals surface area contributed by atoms with Crippen LogP contribution in [0.3, 0.4) is 0 Å². The van der Waals surface area contributed by atoms with E-state index in [1.54, 1.807) is 6.33 Å². The molecule has 102 valence electrons. The molecule has 0 aromatic carbocycles. The van der Waals surface area contributed by atoms with Crippen molar-refractivity contribution >= 4 is 17.7 Å². The lowest BCUT2D eigenvalue weighted by Crippen LogP contribution is -2.28. The fraction of sp³-hybridized carbons (Fsp3) is 0.750. The largest absolute Gasteiger partial charge is 0.346 e. The van der Waals surface area contributed by atoms with Gasteiger partial charge in [-0.15, -0.1) is 10.2 Å². The molecule has 1 heterocycles. The number of nitrogens with one attached hydrogen (secondary N) is 1. The van der Waals surface area contributed by atoms with Gasteiger partial charge >= 0.3 is 0 Å². The normalized spacial score (nSPS) is 12.4. The van der Waals surface area contributed by atoms with Crippen LogP contribution in [-0.2, 0) is 11.8 Å². The van der Waals surface area contributed by atoms with Crippen molar-refractivity contribution in [1.29, 1.82) is 0 Å². The standard InChI is InChI=1S/C12H22N4OS/c1-4-5-7-18-8-6-11(17)14-10(2)12-15-13-9-16(12)3/h9-10H,4-8H2,1-3H3,(H,14,17)/t10-/m0/s1. The van der Waals surface area contributed by atoms with E-state index >= 15 is 0 Å². The molecule has 1 N–H and O–H groups in total. The van der Waals surface area contributed by atoms with E-state index in [1.807, 2.05) is 30.3 Å². The number of hydrogen-bond acceptors (Lipinski definition) is 4. The molecule has 0 saturated heterocycles. The summed E-state index contributed by atoms with van der Waals surface area (Å²) in [5.41, 5.74) is 0. The van der Waals surface area contributed by atoms with Crippen molar-refractivity contribution < 1.29 is 4.79 Å². The number of aromatic nitrogens is 3. The van der Waals surface area contributed by atoms with E-state index in [4.69, 9.17) is 0 Å². The highest BCUT2D eigenvalue weighted by Crippen LogP contribution is 2.09. The quantitative estimate of drug-likeness (QED) is 0.733. The Balaban J connectivity index is 2.22. The van der Waals surface area contributed by atoms with E-state index in [0.29, 0.717) is 6.42 Å². The van der Waals surface area contributed by atoms with E-state index in [9.17, 15) is 4.79 Å². The number of unbranched alkanes of at least 4 members (excludes halogenated alkanes) is 1. The lowest BCUT2D eigenvalue weighted by Gasteiger charge is -2.12. The Morgan fingerprint density at radius 2 is 2.33 bits per heavy atom. The highest BCUT2D eigenvalue weighted by molar-refractivity contribution is 7.99. The molecule has 0 fully saturated rings. The SMILES string of the molecule is CCCCSCCC(=O)N[C@@H](C)c1nncn1C. The predicted octanol–water partition coefficient (Wildman–Crippen LogP) is 1.92. The van der Waals surface area contributed by atoms with Gasteiger partial charge in [0, 0.05) is 19.2 Å². The molecule has 0 aliphatic heterocycles. The molecule has 1 amide bonds. The fourth-order valence-electron chi connectivity index (χ4n) is 1.58. The molecule has 1 aromatic heterocycles. The van der Waals surface area contributed by atoms with E-state index in [1.165, 1.54) is 12.8 Å². The lowest BCUT2D eigenvalue weighted by molar-refractivity contribution is -0.121. The number of rotatable bonds is 8. The zero-order valence-electron chi connectivity index (χ0n) is 11.3. The van der Waals surface area contributed by atoms with Crippen LogP contribution in [0.5, 0.6) is 0 Å². The minimum atomic E-state index is -0.0920. The maximum absolute atomic E-state index is 11.7. The van der Waals surface area contributed by atoms with Gasteiger partial charge in [0.25, 0.3) is 0 Å². The number of hydrogen-bond donors (Lipinski definition) is 1. The van der Waals surface area contributed by atoms with Crippen LogP contribution in [0, 0.1) is 0 Å². The van der Waals surface area contributed by atoms with E-state index in [-0.39, 0.29) is 11.9 Å². The predicted molar refractivity (Wildman–Crippen MR) is 74.4 cm³/mol. The summed E-state index contributed by atoms with van der Waals surface area (Å²) in [5.74, 6) is 2.89. The van der Waals surface area contributed by atoms with Crippen LogP contribution in [0.25, 0.3) is 0 Å². The second kappa shape index (κ2) is 8.13. The van der Waals surface area contributed by atoms with Gasteiger partial charge in [0.15, 0.2) is 5.82 Å². The molecule has 18 heavy (non-hydrogen) atoms. The highest BCUT2D eigenvalue weighted by atomic mass is 32.2. The van der Waals surface area contributed by atoms with Crippen LogP contribution in [0.1, 0.15) is 45.0 Å². The van der Waals surface area contributed by atoms with Gasteiger partial charge < -0.3 is 9.88 Å². The van der Waals surface area contributed by atoms with Crippen LogP contribution in [0.4, 0.5) is 0 Å². The van der Waals surface area contributed by atoms with Gasteiger partial charge in [0.2, 0.25) is 5.91 Å². The van der Waals surface area contributed by atoms with Crippen molar-refractivity contribution in [3.63, 3.8) is 0 Å². The maximum Gasteiger partial charge on any atom is 0.221 e. The summed E-state index contributed by atoms with van der Waals surface area (Å²) < 4.78 is 1.82. The van der Waals surface area contributed by atoms with Crippen LogP contribution in [-0.4, -0.2) is 32.2 Å². The number of amides is 1. The molecule has 1 atom stereocenters. The lowest BCUT2D eigenvalue weighted by atomic mass is 10.3. The first kappa shape index (κ1) is 15.0. The molecule has 0 bridgehead atoms. The average molecular weight is 270 g/mol. The molecule has 1 aromatic rings. The van der Waals surface area contributed by atoms with Crippen LogP contribution >= 0.6 is 11.8 Å². The van der Waals surface area contributed by atoms with Crippen LogP contribution in [0.15, 0.2) is 6.33 Å². The van der Waals surface area contributed by atoms with E-state index < -0.39 is 0 Å². The molecule has 0 aliphatic rings. The number of carbonyl (C=O) groups is 1. The molecule has 0 spiro atoms. The minimum Gasteiger partial charge on any atom is -0.346 e. The Kier molecular flexibility index (Phi) is 6.78. The van der Waals surface area contributed by atoms with Gasteiger partial charge in [0.1, 0.15) is 6.33 Å². The molecule has 0 aliphatic carbocycles. The smallest absolute Gasteiger partial charge is 0.221 e. The van der Waals surface area contributed by atoms with Crippen molar-refractivity contribution in [2.24, 2.45) is 7.05 Å². The van der Waals surface area contributed by atoms with E-state index in [0.717, 1.165) is 17.3 Å². The molecule has 5 nitrogen and oxygen atoms in total. The van der Waals surface area contributed by atoms with Gasteiger partial charge in [-0.1, -0.05) is 13.3 Å². The fourth-order valence-corrected chi connectivity index (χ4v) is 2.60. The van der Waals surface area contributed by atoms with E-state index in [2.05, 4.69) is 22.4 Å². The summed E-state index contributed by atoms with van der Waals surface area (Å²) in [4.78, 5) is 11.7. The Bertz CT molecular complexity index is 367. The summed E-state index contributed by atoms with van der Waals surface area (Å²) in [5, 5.41) is 10.7.